The molecule has 0 unspecified atom stereocenters. The van der Waals surface area contributed by atoms with Crippen LogP contribution in [-0.4, -0.2) is 65.9 Å². The Bertz CT molecular complexity index is 815. The van der Waals surface area contributed by atoms with Crippen molar-refractivity contribution in [1.82, 2.24) is 20.1 Å². The van der Waals surface area contributed by atoms with Crippen molar-refractivity contribution in [1.29, 1.82) is 0 Å². The maximum atomic E-state index is 12.9. The molecule has 28 heavy (non-hydrogen) atoms. The monoisotopic (exact) mass is 380 g/mol. The van der Waals surface area contributed by atoms with Crippen molar-refractivity contribution in [2.75, 3.05) is 39.3 Å². The molecule has 3 rings (SSSR count). The minimum absolute atomic E-state index is 0.0136. The minimum atomic E-state index is 0.0136. The number of hydrogen-bond donors (Lipinski definition) is 1. The van der Waals surface area contributed by atoms with Crippen LogP contribution in [0.3, 0.4) is 0 Å². The van der Waals surface area contributed by atoms with E-state index < -0.39 is 0 Å². The van der Waals surface area contributed by atoms with Gasteiger partial charge in [0.2, 0.25) is 5.91 Å². The Morgan fingerprint density at radius 3 is 2.39 bits per heavy atom. The Morgan fingerprint density at radius 2 is 1.75 bits per heavy atom. The molecule has 1 N–H and O–H groups in total. The van der Waals surface area contributed by atoms with Crippen molar-refractivity contribution < 1.29 is 9.59 Å². The smallest absolute Gasteiger partial charge is 0.255 e. The number of nitrogens with one attached hydrogen (secondary N) is 1. The molecule has 1 aliphatic rings. The Hall–Kier alpha value is -2.73. The highest BCUT2D eigenvalue weighted by molar-refractivity contribution is 5.95. The maximum absolute atomic E-state index is 12.9. The van der Waals surface area contributed by atoms with Crippen molar-refractivity contribution in [3.8, 4) is 11.3 Å². The normalized spacial score (nSPS) is 14.7. The topological polar surface area (TPSA) is 65.5 Å². The molecule has 1 fully saturated rings. The molecular weight excluding hydrogens is 352 g/mol. The predicted octanol–water partition coefficient (Wildman–Crippen LogP) is 2.34. The van der Waals surface area contributed by atoms with Crippen molar-refractivity contribution in [3.05, 3.63) is 53.7 Å². The Balaban J connectivity index is 1.59. The third-order valence-electron chi connectivity index (χ3n) is 4.98. The second-order valence-corrected chi connectivity index (χ2v) is 7.11. The van der Waals surface area contributed by atoms with E-state index in [0.29, 0.717) is 44.8 Å². The summed E-state index contributed by atoms with van der Waals surface area (Å²) in [7, 11) is 0. The first-order valence-corrected chi connectivity index (χ1v) is 9.90. The molecule has 6 nitrogen and oxygen atoms in total. The number of carbonyl (C=O) groups is 2. The SMILES string of the molecule is CCCNC(=O)CN1CCN(C(=O)c2ccc(-c3ccccc3)nc2C)CC1. The summed E-state index contributed by atoms with van der Waals surface area (Å²) in [4.78, 5) is 33.4. The molecule has 0 aliphatic carbocycles. The van der Waals surface area contributed by atoms with Gasteiger partial charge in [0.15, 0.2) is 0 Å². The summed E-state index contributed by atoms with van der Waals surface area (Å²) < 4.78 is 0. The second kappa shape index (κ2) is 9.46. The molecule has 1 aliphatic heterocycles. The summed E-state index contributed by atoms with van der Waals surface area (Å²) >= 11 is 0. The molecule has 0 radical (unpaired) electrons. The van der Waals surface area contributed by atoms with Crippen molar-refractivity contribution in [3.63, 3.8) is 0 Å². The molecule has 1 saturated heterocycles. The van der Waals surface area contributed by atoms with Gasteiger partial charge in [0.05, 0.1) is 23.5 Å². The van der Waals surface area contributed by atoms with Crippen molar-refractivity contribution >= 4 is 11.8 Å². The zero-order valence-electron chi connectivity index (χ0n) is 16.6. The summed E-state index contributed by atoms with van der Waals surface area (Å²) in [5, 5.41) is 2.90. The van der Waals surface area contributed by atoms with Crippen molar-refractivity contribution in [2.45, 2.75) is 20.3 Å². The van der Waals surface area contributed by atoms with Gasteiger partial charge in [-0.3, -0.25) is 19.5 Å². The lowest BCUT2D eigenvalue weighted by Crippen LogP contribution is -2.51. The van der Waals surface area contributed by atoms with Crippen LogP contribution in [-0.2, 0) is 4.79 Å². The van der Waals surface area contributed by atoms with Gasteiger partial charge >= 0.3 is 0 Å². The van der Waals surface area contributed by atoms with E-state index in [4.69, 9.17) is 0 Å². The molecule has 1 aromatic heterocycles. The third kappa shape index (κ3) is 4.95. The highest BCUT2D eigenvalue weighted by Crippen LogP contribution is 2.20. The fraction of sp³-hybridized carbons (Fsp3) is 0.409. The molecule has 0 bridgehead atoms. The standard InChI is InChI=1S/C22H28N4O2/c1-3-11-23-21(27)16-25-12-14-26(15-13-25)22(28)19-9-10-20(24-17(19)2)18-7-5-4-6-8-18/h4-10H,3,11-16H2,1-2H3,(H,23,27). The molecule has 0 saturated carbocycles. The fourth-order valence-electron chi connectivity index (χ4n) is 3.36. The molecule has 2 amide bonds. The molecule has 1 aromatic carbocycles. The second-order valence-electron chi connectivity index (χ2n) is 7.11. The first-order valence-electron chi connectivity index (χ1n) is 9.90. The van der Waals surface area contributed by atoms with Gasteiger partial charge in [-0.1, -0.05) is 37.3 Å². The lowest BCUT2D eigenvalue weighted by atomic mass is 10.1. The first kappa shape index (κ1) is 20.0. The van der Waals surface area contributed by atoms with Gasteiger partial charge in [-0.15, -0.1) is 0 Å². The van der Waals surface area contributed by atoms with Crippen LogP contribution in [0.25, 0.3) is 11.3 Å². The van der Waals surface area contributed by atoms with E-state index in [1.165, 1.54) is 0 Å². The molecule has 2 heterocycles. The van der Waals surface area contributed by atoms with Crippen LogP contribution in [0.5, 0.6) is 0 Å². The van der Waals surface area contributed by atoms with Gasteiger partial charge in [-0.05, 0) is 25.5 Å². The van der Waals surface area contributed by atoms with E-state index in [1.807, 2.05) is 61.2 Å². The Kier molecular flexibility index (Phi) is 6.76. The molecule has 6 heteroatoms. The summed E-state index contributed by atoms with van der Waals surface area (Å²) in [6.07, 6.45) is 0.935. The summed E-state index contributed by atoms with van der Waals surface area (Å²) in [5.41, 5.74) is 3.30. The van der Waals surface area contributed by atoms with Crippen LogP contribution in [0.15, 0.2) is 42.5 Å². The number of carbonyl (C=O) groups excluding carboxylic acids is 2. The van der Waals surface area contributed by atoms with Crippen LogP contribution in [0, 0.1) is 6.92 Å². The van der Waals surface area contributed by atoms with Gasteiger partial charge in [0, 0.05) is 38.3 Å². The highest BCUT2D eigenvalue weighted by atomic mass is 16.2. The van der Waals surface area contributed by atoms with Crippen LogP contribution >= 0.6 is 0 Å². The van der Waals surface area contributed by atoms with Gasteiger partial charge in [0.25, 0.3) is 5.91 Å². The van der Waals surface area contributed by atoms with Crippen molar-refractivity contribution in [2.24, 2.45) is 0 Å². The largest absolute Gasteiger partial charge is 0.355 e. The zero-order valence-corrected chi connectivity index (χ0v) is 16.6. The number of aromatic nitrogens is 1. The van der Waals surface area contributed by atoms with Gasteiger partial charge < -0.3 is 10.2 Å². The first-order chi connectivity index (χ1) is 13.6. The summed E-state index contributed by atoms with van der Waals surface area (Å²) in [5.74, 6) is 0.0675. The van der Waals surface area contributed by atoms with E-state index >= 15 is 0 Å². The number of amides is 2. The Morgan fingerprint density at radius 1 is 1.04 bits per heavy atom. The van der Waals surface area contributed by atoms with Crippen LogP contribution in [0.4, 0.5) is 0 Å². The molecular formula is C22H28N4O2. The lowest BCUT2D eigenvalue weighted by Gasteiger charge is -2.34. The average molecular weight is 380 g/mol. The maximum Gasteiger partial charge on any atom is 0.255 e. The van der Waals surface area contributed by atoms with E-state index in [2.05, 4.69) is 15.2 Å². The molecule has 0 atom stereocenters. The Labute approximate surface area is 166 Å². The molecule has 2 aromatic rings. The average Bonchev–Trinajstić information content (AvgIpc) is 2.73. The van der Waals surface area contributed by atoms with E-state index in [9.17, 15) is 9.59 Å². The van der Waals surface area contributed by atoms with Crippen LogP contribution in [0.1, 0.15) is 29.4 Å². The summed E-state index contributed by atoms with van der Waals surface area (Å²) in [6.45, 7) is 7.69. The van der Waals surface area contributed by atoms with Crippen LogP contribution < -0.4 is 5.32 Å². The quantitative estimate of drug-likeness (QED) is 0.835. The lowest BCUT2D eigenvalue weighted by molar-refractivity contribution is -0.122. The highest BCUT2D eigenvalue weighted by Gasteiger charge is 2.24. The number of nitrogens with zero attached hydrogens (tertiary/aromatic N) is 3. The zero-order chi connectivity index (χ0) is 19.9. The fourth-order valence-corrected chi connectivity index (χ4v) is 3.36. The van der Waals surface area contributed by atoms with Gasteiger partial charge in [-0.2, -0.15) is 0 Å². The number of aryl methyl sites for hydroxylation is 1. The number of benzene rings is 1. The predicted molar refractivity (Wildman–Crippen MR) is 110 cm³/mol. The number of piperazine rings is 1. The number of rotatable bonds is 6. The van der Waals surface area contributed by atoms with E-state index in [0.717, 1.165) is 23.4 Å². The molecule has 0 spiro atoms. The van der Waals surface area contributed by atoms with E-state index in [1.54, 1.807) is 0 Å². The molecule has 148 valence electrons. The van der Waals surface area contributed by atoms with E-state index in [-0.39, 0.29) is 11.8 Å². The van der Waals surface area contributed by atoms with Crippen LogP contribution in [0.2, 0.25) is 0 Å². The minimum Gasteiger partial charge on any atom is -0.355 e. The number of hydrogen-bond acceptors (Lipinski definition) is 4. The summed E-state index contributed by atoms with van der Waals surface area (Å²) in [6, 6.07) is 13.7. The third-order valence-corrected chi connectivity index (χ3v) is 4.98. The number of pyridine rings is 1. The van der Waals surface area contributed by atoms with Gasteiger partial charge in [0.1, 0.15) is 0 Å². The van der Waals surface area contributed by atoms with Gasteiger partial charge in [-0.25, -0.2) is 0 Å².